The molecule has 0 rings (SSSR count). The number of rotatable bonds is 0. The van der Waals surface area contributed by atoms with Crippen molar-refractivity contribution in [3.8, 4) is 0 Å². The predicted molar refractivity (Wildman–Crippen MR) is 21.4 cm³/mol. The molecule has 3 N–H and O–H groups in total. The minimum atomic E-state index is -4.64. The molecule has 0 atom stereocenters. The summed E-state index contributed by atoms with van der Waals surface area (Å²) in [6.07, 6.45) is 0. The van der Waals surface area contributed by atoms with Crippen molar-refractivity contribution in [1.29, 1.82) is 0 Å². The minimum absolute atomic E-state index is 0. The van der Waals surface area contributed by atoms with E-state index in [0.29, 0.717) is 0 Å². The second-order valence-corrected chi connectivity index (χ2v) is 1.54. The molecular weight excluding hydrogens is 333 g/mol. The molecule has 0 saturated heterocycles. The van der Waals surface area contributed by atoms with Crippen molar-refractivity contribution >= 4 is 26.7 Å². The molecule has 42 valence electrons. The quantitative estimate of drug-likeness (QED) is 0.368. The zero-order valence-corrected chi connectivity index (χ0v) is 9.69. The molecule has 0 amide bonds. The first kappa shape index (κ1) is 22.4. The first-order valence-electron chi connectivity index (χ1n) is 0.783. The van der Waals surface area contributed by atoms with E-state index in [-0.39, 0.29) is 86.8 Å². The fraction of sp³-hybridized carbons (Fsp3) is 0. The van der Waals surface area contributed by atoms with E-state index >= 15 is 0 Å². The van der Waals surface area contributed by atoms with E-state index in [1.165, 1.54) is 0 Å². The molecule has 0 saturated carbocycles. The fourth-order valence-corrected chi connectivity index (χ4v) is 0. The summed E-state index contributed by atoms with van der Waals surface area (Å²) in [5.74, 6) is 0. The van der Waals surface area contributed by atoms with Crippen molar-refractivity contribution in [2.45, 2.75) is 0 Å². The molecule has 0 unspecified atom stereocenters. The molecule has 0 aromatic carbocycles. The predicted octanol–water partition coefficient (Wildman–Crippen LogP) is -1.58. The van der Waals surface area contributed by atoms with Crippen molar-refractivity contribution in [1.82, 2.24) is 0 Å². The van der Waals surface area contributed by atoms with E-state index < -0.39 is 7.82 Å². The summed E-state index contributed by atoms with van der Waals surface area (Å²) in [6.45, 7) is 0. The van der Waals surface area contributed by atoms with Gasteiger partial charge in [-0.25, -0.2) is 4.57 Å². The Kier molecular flexibility index (Phi) is 28.0. The molecule has 0 radical (unpaired) electrons. The molecule has 0 heterocycles. The largest absolute Gasteiger partial charge is 0 e. The summed E-state index contributed by atoms with van der Waals surface area (Å²) in [5.41, 5.74) is 0. The first-order valence-corrected chi connectivity index (χ1v) is 2.35. The third-order valence-corrected chi connectivity index (χ3v) is 0. The maximum absolute atomic E-state index is 8.88. The van der Waals surface area contributed by atoms with Gasteiger partial charge in [0.1, 0.15) is 0 Å². The summed E-state index contributed by atoms with van der Waals surface area (Å²) < 4.78 is 8.88. The van der Waals surface area contributed by atoms with E-state index in [9.17, 15) is 0 Å². The zero-order valence-electron chi connectivity index (χ0n) is 3.20. The van der Waals surface area contributed by atoms with Crippen LogP contribution in [0.15, 0.2) is 0 Å². The van der Waals surface area contributed by atoms with Gasteiger partial charge in [-0.3, -0.25) is 0 Å². The molecule has 0 aliphatic carbocycles. The van der Waals surface area contributed by atoms with E-state index in [1.807, 2.05) is 0 Å². The smallest absolute Gasteiger partial charge is 0 e. The van der Waals surface area contributed by atoms with Crippen LogP contribution in [0.25, 0.3) is 0 Å². The van der Waals surface area contributed by atoms with Crippen LogP contribution in [-0.2, 0) is 30.8 Å². The van der Waals surface area contributed by atoms with Gasteiger partial charge in [0.15, 0.2) is 0 Å². The van der Waals surface area contributed by atoms with Crippen molar-refractivity contribution in [2.75, 3.05) is 0 Å². The standard InChI is InChI=1S/Ce.Li.H3O4P.Zr.H/c;;1-5(2,3)4;;/h;;(H3,1,2,3,4);;. The fourth-order valence-electron chi connectivity index (χ4n) is 0. The maximum atomic E-state index is 8.88. The van der Waals surface area contributed by atoms with Gasteiger partial charge in [0.05, 0.1) is 0 Å². The topological polar surface area (TPSA) is 77.8 Å². The van der Waals surface area contributed by atoms with E-state index in [2.05, 4.69) is 0 Å². The van der Waals surface area contributed by atoms with Crippen molar-refractivity contribution in [3.63, 3.8) is 0 Å². The van der Waals surface area contributed by atoms with Gasteiger partial charge in [0.2, 0.25) is 0 Å². The summed E-state index contributed by atoms with van der Waals surface area (Å²) in [5, 5.41) is 0. The average molecular weight is 337 g/mol. The Morgan fingerprint density at radius 2 is 1.12 bits per heavy atom. The van der Waals surface area contributed by atoms with Crippen molar-refractivity contribution < 1.29 is 87.2 Å². The van der Waals surface area contributed by atoms with Gasteiger partial charge in [0.25, 0.3) is 0 Å². The van der Waals surface area contributed by atoms with Gasteiger partial charge >= 0.3 is 26.7 Å². The van der Waals surface area contributed by atoms with Crippen LogP contribution in [0.4, 0.5) is 0 Å². The Balaban J connectivity index is -0.0000000267. The maximum Gasteiger partial charge on any atom is 0 e. The van der Waals surface area contributed by atoms with Crippen LogP contribution in [0.2, 0.25) is 0 Å². The summed E-state index contributed by atoms with van der Waals surface area (Å²) in [4.78, 5) is 21.6. The van der Waals surface area contributed by atoms with Gasteiger partial charge < -0.3 is 14.7 Å². The number of hydrogen-bond acceptors (Lipinski definition) is 1. The SMILES string of the molecule is O=P(O)(O)O.[Ce].[LiH].[Zr]. The monoisotopic (exact) mass is 336 g/mol. The molecule has 0 aromatic rings. The molecule has 0 fully saturated rings. The zero-order chi connectivity index (χ0) is 4.50. The van der Waals surface area contributed by atoms with E-state index in [4.69, 9.17) is 19.2 Å². The molecular formula is H4CeLiO4PZr. The molecule has 8 heavy (non-hydrogen) atoms. The summed E-state index contributed by atoms with van der Waals surface area (Å²) in [7, 11) is -4.64. The second-order valence-electron chi connectivity index (χ2n) is 0.513. The molecule has 8 heteroatoms. The summed E-state index contributed by atoms with van der Waals surface area (Å²) >= 11 is 0. The van der Waals surface area contributed by atoms with Crippen molar-refractivity contribution in [2.24, 2.45) is 0 Å². The molecule has 0 spiro atoms. The Bertz CT molecular complexity index is 62.2. The van der Waals surface area contributed by atoms with Gasteiger partial charge in [-0.2, -0.15) is 0 Å². The number of hydrogen-bond donors (Lipinski definition) is 3. The second kappa shape index (κ2) is 9.97. The van der Waals surface area contributed by atoms with Crippen LogP contribution in [0.5, 0.6) is 0 Å². The van der Waals surface area contributed by atoms with Crippen LogP contribution in [0.3, 0.4) is 0 Å². The normalized spacial score (nSPS) is 7.38. The Labute approximate surface area is 112 Å². The van der Waals surface area contributed by atoms with Crippen molar-refractivity contribution in [3.05, 3.63) is 0 Å². The molecule has 0 aromatic heterocycles. The Morgan fingerprint density at radius 3 is 1.12 bits per heavy atom. The Morgan fingerprint density at radius 1 is 1.12 bits per heavy atom. The summed E-state index contributed by atoms with van der Waals surface area (Å²) in [6, 6.07) is 0. The van der Waals surface area contributed by atoms with E-state index in [0.717, 1.165) is 0 Å². The molecule has 0 bridgehead atoms. The van der Waals surface area contributed by atoms with Crippen LogP contribution in [0, 0.1) is 41.7 Å². The van der Waals surface area contributed by atoms with Crippen LogP contribution in [0.1, 0.15) is 0 Å². The van der Waals surface area contributed by atoms with Gasteiger partial charge in [-0.15, -0.1) is 0 Å². The average Bonchev–Trinajstić information content (AvgIpc) is 0.722. The number of phosphoric acid groups is 1. The Hall–Kier alpha value is 2.97. The van der Waals surface area contributed by atoms with Gasteiger partial charge in [-0.05, 0) is 0 Å². The van der Waals surface area contributed by atoms with Crippen LogP contribution >= 0.6 is 7.82 Å². The molecule has 4 nitrogen and oxygen atoms in total. The molecule has 0 aliphatic rings. The first-order chi connectivity index (χ1) is 2.00. The third kappa shape index (κ3) is 64.7. The molecule has 0 aliphatic heterocycles. The van der Waals surface area contributed by atoms with Crippen LogP contribution in [-0.4, -0.2) is 33.5 Å². The van der Waals surface area contributed by atoms with E-state index in [1.54, 1.807) is 0 Å². The minimum Gasteiger partial charge on any atom is 0 e. The van der Waals surface area contributed by atoms with Crippen LogP contribution < -0.4 is 0 Å². The van der Waals surface area contributed by atoms with Gasteiger partial charge in [-0.1, -0.05) is 0 Å². The third-order valence-electron chi connectivity index (χ3n) is 0. The van der Waals surface area contributed by atoms with Gasteiger partial charge in [0, 0.05) is 68.0 Å².